The van der Waals surface area contributed by atoms with Crippen molar-refractivity contribution in [2.24, 2.45) is 0 Å². The van der Waals surface area contributed by atoms with Gasteiger partial charge in [-0.05, 0) is 42.0 Å². The van der Waals surface area contributed by atoms with E-state index in [1.54, 1.807) is 31.4 Å². The zero-order valence-corrected chi connectivity index (χ0v) is 16.4. The van der Waals surface area contributed by atoms with Crippen molar-refractivity contribution in [3.8, 4) is 11.4 Å². The summed E-state index contributed by atoms with van der Waals surface area (Å²) in [6, 6.07) is 14.5. The lowest BCUT2D eigenvalue weighted by Gasteiger charge is -2.24. The van der Waals surface area contributed by atoms with Crippen LogP contribution in [0.25, 0.3) is 5.69 Å². The smallest absolute Gasteiger partial charge is 0.356 e. The number of carboxylic acids is 1. The highest BCUT2D eigenvalue weighted by Crippen LogP contribution is 2.34. The molecule has 2 N–H and O–H groups in total. The number of hydrogen-bond acceptors (Lipinski definition) is 4. The predicted octanol–water partition coefficient (Wildman–Crippen LogP) is 3.22. The van der Waals surface area contributed by atoms with E-state index in [1.807, 2.05) is 24.3 Å². The second-order valence-electron chi connectivity index (χ2n) is 6.34. The van der Waals surface area contributed by atoms with Crippen LogP contribution in [0.1, 0.15) is 38.0 Å². The first-order chi connectivity index (χ1) is 13.5. The van der Waals surface area contributed by atoms with Crippen molar-refractivity contribution < 1.29 is 19.4 Å². The summed E-state index contributed by atoms with van der Waals surface area (Å²) in [6.07, 6.45) is 0. The molecule has 8 heteroatoms. The lowest BCUT2D eigenvalue weighted by molar-refractivity contribution is 0.0688. The summed E-state index contributed by atoms with van der Waals surface area (Å²) in [6.45, 7) is 0.308. The van der Waals surface area contributed by atoms with E-state index >= 15 is 0 Å². The Hall–Kier alpha value is -3.13. The Labute approximate surface area is 169 Å². The number of amides is 1. The summed E-state index contributed by atoms with van der Waals surface area (Å²) in [4.78, 5) is 24.6. The van der Waals surface area contributed by atoms with E-state index in [9.17, 15) is 14.7 Å². The maximum Gasteiger partial charge on any atom is 0.356 e. The van der Waals surface area contributed by atoms with Crippen molar-refractivity contribution in [1.82, 2.24) is 15.1 Å². The zero-order chi connectivity index (χ0) is 19.8. The molecule has 0 saturated carbocycles. The molecule has 2 aromatic carbocycles. The molecule has 1 amide bonds. The molecule has 1 atom stereocenters. The number of carbonyl (C=O) groups is 2. The Morgan fingerprint density at radius 3 is 2.50 bits per heavy atom. The van der Waals surface area contributed by atoms with Gasteiger partial charge in [0.1, 0.15) is 11.4 Å². The molecular weight excluding hydrogens is 426 g/mol. The molecule has 3 aromatic rings. The fourth-order valence-corrected chi connectivity index (χ4v) is 3.67. The van der Waals surface area contributed by atoms with Gasteiger partial charge in [-0.1, -0.05) is 28.1 Å². The quantitative estimate of drug-likeness (QED) is 0.648. The normalized spacial score (nSPS) is 15.6. The second kappa shape index (κ2) is 7.12. The van der Waals surface area contributed by atoms with E-state index in [0.717, 1.165) is 10.0 Å². The molecule has 7 nitrogen and oxygen atoms in total. The molecule has 1 aliphatic heterocycles. The first-order valence-corrected chi connectivity index (χ1v) is 9.33. The van der Waals surface area contributed by atoms with Crippen molar-refractivity contribution in [3.05, 3.63) is 75.5 Å². The number of halogens is 1. The van der Waals surface area contributed by atoms with Crippen molar-refractivity contribution >= 4 is 27.8 Å². The Kier molecular flexibility index (Phi) is 4.64. The van der Waals surface area contributed by atoms with Crippen LogP contribution in [0.2, 0.25) is 0 Å². The molecule has 1 aliphatic rings. The van der Waals surface area contributed by atoms with Gasteiger partial charge in [0.25, 0.3) is 5.91 Å². The molecule has 1 unspecified atom stereocenters. The molecule has 0 aliphatic carbocycles. The van der Waals surface area contributed by atoms with E-state index in [-0.39, 0.29) is 23.2 Å². The SMILES string of the molecule is COc1ccc(-n2nc(C(=O)O)c3c2C(=O)NCC3c2ccc(Br)cc2)cc1. The van der Waals surface area contributed by atoms with E-state index in [2.05, 4.69) is 26.3 Å². The van der Waals surface area contributed by atoms with Crippen molar-refractivity contribution in [3.63, 3.8) is 0 Å². The molecule has 0 fully saturated rings. The summed E-state index contributed by atoms with van der Waals surface area (Å²) in [5.41, 5.74) is 2.03. The zero-order valence-electron chi connectivity index (χ0n) is 14.8. The number of nitrogens with one attached hydrogen (secondary N) is 1. The Balaban J connectivity index is 1.91. The second-order valence-corrected chi connectivity index (χ2v) is 7.26. The first kappa shape index (κ1) is 18.2. The number of rotatable bonds is 4. The van der Waals surface area contributed by atoms with Gasteiger partial charge in [0.15, 0.2) is 5.69 Å². The lowest BCUT2D eigenvalue weighted by Crippen LogP contribution is -2.37. The van der Waals surface area contributed by atoms with Crippen LogP contribution >= 0.6 is 15.9 Å². The summed E-state index contributed by atoms with van der Waals surface area (Å²) in [5.74, 6) is -1.17. The fourth-order valence-electron chi connectivity index (χ4n) is 3.41. The number of benzene rings is 2. The van der Waals surface area contributed by atoms with Gasteiger partial charge in [0.2, 0.25) is 0 Å². The van der Waals surface area contributed by atoms with Crippen LogP contribution in [0.15, 0.2) is 53.0 Å². The van der Waals surface area contributed by atoms with Crippen LogP contribution in [0.5, 0.6) is 5.75 Å². The summed E-state index contributed by atoms with van der Waals surface area (Å²) in [5, 5.41) is 16.9. The topological polar surface area (TPSA) is 93.5 Å². The van der Waals surface area contributed by atoms with Gasteiger partial charge in [0.05, 0.1) is 12.8 Å². The van der Waals surface area contributed by atoms with Gasteiger partial charge in [-0.15, -0.1) is 0 Å². The van der Waals surface area contributed by atoms with Crippen LogP contribution < -0.4 is 10.1 Å². The van der Waals surface area contributed by atoms with Gasteiger partial charge < -0.3 is 15.2 Å². The number of carbonyl (C=O) groups excluding carboxylic acids is 1. The predicted molar refractivity (Wildman–Crippen MR) is 105 cm³/mol. The number of carboxylic acid groups (broad SMARTS) is 1. The molecule has 1 aromatic heterocycles. The highest BCUT2D eigenvalue weighted by molar-refractivity contribution is 9.10. The largest absolute Gasteiger partial charge is 0.497 e. The van der Waals surface area contributed by atoms with Crippen LogP contribution in [0.4, 0.5) is 0 Å². The maximum absolute atomic E-state index is 12.7. The summed E-state index contributed by atoms with van der Waals surface area (Å²) >= 11 is 3.40. The van der Waals surface area contributed by atoms with Crippen LogP contribution in [0, 0.1) is 0 Å². The van der Waals surface area contributed by atoms with Gasteiger partial charge in [-0.25, -0.2) is 9.48 Å². The number of nitrogens with zero attached hydrogens (tertiary/aromatic N) is 2. The molecular formula is C20H16BrN3O4. The Bertz CT molecular complexity index is 1060. The maximum atomic E-state index is 12.7. The van der Waals surface area contributed by atoms with Gasteiger partial charge in [-0.3, -0.25) is 4.79 Å². The molecule has 0 spiro atoms. The first-order valence-electron chi connectivity index (χ1n) is 8.54. The average molecular weight is 442 g/mol. The molecule has 0 bridgehead atoms. The lowest BCUT2D eigenvalue weighted by atomic mass is 9.87. The Morgan fingerprint density at radius 1 is 1.21 bits per heavy atom. The monoisotopic (exact) mass is 441 g/mol. The third kappa shape index (κ3) is 3.05. The van der Waals surface area contributed by atoms with Crippen molar-refractivity contribution in [2.75, 3.05) is 13.7 Å². The van der Waals surface area contributed by atoms with E-state index < -0.39 is 5.97 Å². The summed E-state index contributed by atoms with van der Waals surface area (Å²) < 4.78 is 7.47. The number of ether oxygens (including phenoxy) is 1. The van der Waals surface area contributed by atoms with Gasteiger partial charge in [-0.2, -0.15) is 5.10 Å². The number of hydrogen-bond donors (Lipinski definition) is 2. The highest BCUT2D eigenvalue weighted by atomic mass is 79.9. The molecule has 4 rings (SSSR count). The van der Waals surface area contributed by atoms with Crippen molar-refractivity contribution in [2.45, 2.75) is 5.92 Å². The number of aromatic carboxylic acids is 1. The molecule has 0 saturated heterocycles. The van der Waals surface area contributed by atoms with E-state index in [0.29, 0.717) is 23.5 Å². The van der Waals surface area contributed by atoms with Gasteiger partial charge in [0, 0.05) is 22.5 Å². The molecule has 28 heavy (non-hydrogen) atoms. The minimum Gasteiger partial charge on any atom is -0.497 e. The van der Waals surface area contributed by atoms with Crippen LogP contribution in [0.3, 0.4) is 0 Å². The van der Waals surface area contributed by atoms with Crippen LogP contribution in [-0.4, -0.2) is 40.4 Å². The fraction of sp³-hybridized carbons (Fsp3) is 0.150. The third-order valence-corrected chi connectivity index (χ3v) is 5.27. The van der Waals surface area contributed by atoms with Crippen LogP contribution in [-0.2, 0) is 0 Å². The molecule has 142 valence electrons. The molecule has 2 heterocycles. The van der Waals surface area contributed by atoms with E-state index in [1.165, 1.54) is 4.68 Å². The number of fused-ring (bicyclic) bond motifs is 1. The highest BCUT2D eigenvalue weighted by Gasteiger charge is 2.36. The average Bonchev–Trinajstić information content (AvgIpc) is 3.11. The number of methoxy groups -OCH3 is 1. The molecule has 0 radical (unpaired) electrons. The number of aromatic nitrogens is 2. The summed E-state index contributed by atoms with van der Waals surface area (Å²) in [7, 11) is 1.56. The minimum atomic E-state index is -1.17. The minimum absolute atomic E-state index is 0.117. The standard InChI is InChI=1S/C20H16BrN3O4/c1-28-14-8-6-13(7-9-14)24-18-16(17(23-24)20(26)27)15(10-22-19(18)25)11-2-4-12(21)5-3-11/h2-9,15H,10H2,1H3,(H,22,25)(H,26,27). The van der Waals surface area contributed by atoms with Gasteiger partial charge >= 0.3 is 5.97 Å². The van der Waals surface area contributed by atoms with Crippen molar-refractivity contribution in [1.29, 1.82) is 0 Å². The third-order valence-electron chi connectivity index (χ3n) is 4.74. The Morgan fingerprint density at radius 2 is 1.89 bits per heavy atom. The van der Waals surface area contributed by atoms with E-state index in [4.69, 9.17) is 4.74 Å².